The number of ether oxygens (including phenoxy) is 1. The lowest BCUT2D eigenvalue weighted by Crippen LogP contribution is -2.36. The second-order valence-electron chi connectivity index (χ2n) is 7.65. The zero-order valence-corrected chi connectivity index (χ0v) is 17.5. The fourth-order valence-electron chi connectivity index (χ4n) is 3.62. The molecule has 3 aromatic carbocycles. The lowest BCUT2D eigenvalue weighted by atomic mass is 10.1. The summed E-state index contributed by atoms with van der Waals surface area (Å²) in [7, 11) is 0. The Labute approximate surface area is 183 Å². The number of thiophene rings is 1. The molecule has 1 aromatic heterocycles. The summed E-state index contributed by atoms with van der Waals surface area (Å²) in [6.45, 7) is 3.21. The molecule has 0 radical (unpaired) electrons. The lowest BCUT2D eigenvalue weighted by Gasteiger charge is -2.30. The average molecular weight is 434 g/mol. The largest absolute Gasteiger partial charge is 0.508 e. The van der Waals surface area contributed by atoms with Crippen molar-refractivity contribution in [3.8, 4) is 17.2 Å². The first kappa shape index (κ1) is 19.7. The van der Waals surface area contributed by atoms with E-state index in [2.05, 4.69) is 4.90 Å². The van der Waals surface area contributed by atoms with E-state index < -0.39 is 5.82 Å². The van der Waals surface area contributed by atoms with E-state index in [4.69, 9.17) is 4.74 Å². The third-order valence-corrected chi connectivity index (χ3v) is 6.57. The molecule has 1 N–H and O–H groups in total. The van der Waals surface area contributed by atoms with Crippen LogP contribution in [-0.4, -0.2) is 28.9 Å². The van der Waals surface area contributed by atoms with E-state index in [0.717, 1.165) is 29.7 Å². The van der Waals surface area contributed by atoms with Crippen molar-refractivity contribution in [3.63, 3.8) is 0 Å². The van der Waals surface area contributed by atoms with Crippen LogP contribution in [0.4, 0.5) is 4.39 Å². The maximum atomic E-state index is 13.3. The molecular formula is C25H20FNO3S. The van der Waals surface area contributed by atoms with Gasteiger partial charge < -0.3 is 9.84 Å². The number of benzene rings is 3. The highest BCUT2D eigenvalue weighted by molar-refractivity contribution is 7.21. The summed E-state index contributed by atoms with van der Waals surface area (Å²) in [6.07, 6.45) is 1.26. The van der Waals surface area contributed by atoms with Gasteiger partial charge >= 0.3 is 0 Å². The minimum atomic E-state index is -0.396. The lowest BCUT2D eigenvalue weighted by molar-refractivity contribution is 0.104. The SMILES string of the molecule is O=C(c1ccc(F)cc1)c1sc2cc(O)ccc2c1Oc1ccc(CN2CCC2)cc1. The quantitative estimate of drug-likeness (QED) is 0.380. The first-order chi connectivity index (χ1) is 15.1. The number of hydrogen-bond acceptors (Lipinski definition) is 5. The average Bonchev–Trinajstić information content (AvgIpc) is 3.09. The maximum absolute atomic E-state index is 13.3. The van der Waals surface area contributed by atoms with Crippen LogP contribution in [0, 0.1) is 5.82 Å². The predicted octanol–water partition coefficient (Wildman–Crippen LogP) is 5.98. The number of carbonyl (C=O) groups is 1. The number of fused-ring (bicyclic) bond motifs is 1. The Balaban J connectivity index is 1.49. The summed E-state index contributed by atoms with van der Waals surface area (Å²) in [6, 6.07) is 18.3. The molecule has 0 bridgehead atoms. The Bertz CT molecular complexity index is 1240. The first-order valence-corrected chi connectivity index (χ1v) is 10.9. The molecule has 31 heavy (non-hydrogen) atoms. The van der Waals surface area contributed by atoms with Gasteiger partial charge in [0.05, 0.1) is 0 Å². The fraction of sp³-hybridized carbons (Fsp3) is 0.160. The number of phenolic OH excluding ortho intramolecular Hbond substituents is 1. The first-order valence-electron chi connectivity index (χ1n) is 10.1. The standard InChI is InChI=1S/C25H20FNO3S/c26-18-6-4-17(5-7-18)23(29)25-24(21-11-8-19(28)14-22(21)31-25)30-20-9-2-16(3-10-20)15-27-12-1-13-27/h2-11,14,28H,1,12-13,15H2. The number of carbonyl (C=O) groups excluding carboxylic acids is 1. The van der Waals surface area contributed by atoms with Gasteiger partial charge in [-0.15, -0.1) is 11.3 Å². The van der Waals surface area contributed by atoms with Crippen molar-refractivity contribution in [2.75, 3.05) is 13.1 Å². The molecule has 0 unspecified atom stereocenters. The highest BCUT2D eigenvalue weighted by Gasteiger charge is 2.22. The van der Waals surface area contributed by atoms with E-state index in [1.807, 2.05) is 24.3 Å². The van der Waals surface area contributed by atoms with Crippen LogP contribution in [0.3, 0.4) is 0 Å². The second-order valence-corrected chi connectivity index (χ2v) is 8.70. The fourth-order valence-corrected chi connectivity index (χ4v) is 4.75. The molecule has 0 spiro atoms. The van der Waals surface area contributed by atoms with Gasteiger partial charge in [0.15, 0.2) is 5.75 Å². The van der Waals surface area contributed by atoms with Crippen LogP contribution in [0.2, 0.25) is 0 Å². The Morgan fingerprint density at radius 3 is 2.45 bits per heavy atom. The second kappa shape index (κ2) is 8.13. The molecule has 0 amide bonds. The molecule has 4 aromatic rings. The number of halogens is 1. The molecule has 0 aliphatic carbocycles. The summed E-state index contributed by atoms with van der Waals surface area (Å²) in [4.78, 5) is 16.0. The topological polar surface area (TPSA) is 49.8 Å². The van der Waals surface area contributed by atoms with Crippen LogP contribution in [0.15, 0.2) is 66.7 Å². The Hall–Kier alpha value is -3.22. The van der Waals surface area contributed by atoms with Crippen LogP contribution in [0.25, 0.3) is 10.1 Å². The highest BCUT2D eigenvalue weighted by Crippen LogP contribution is 2.42. The van der Waals surface area contributed by atoms with Crippen molar-refractivity contribution in [2.24, 2.45) is 0 Å². The Morgan fingerprint density at radius 2 is 1.77 bits per heavy atom. The monoisotopic (exact) mass is 433 g/mol. The smallest absolute Gasteiger partial charge is 0.206 e. The van der Waals surface area contributed by atoms with Gasteiger partial charge in [-0.1, -0.05) is 12.1 Å². The van der Waals surface area contributed by atoms with Crippen molar-refractivity contribution < 1.29 is 19.0 Å². The van der Waals surface area contributed by atoms with Gasteiger partial charge in [-0.3, -0.25) is 9.69 Å². The molecule has 1 aliphatic rings. The van der Waals surface area contributed by atoms with Crippen molar-refractivity contribution in [3.05, 3.63) is 88.6 Å². The number of nitrogens with zero attached hydrogens (tertiary/aromatic N) is 1. The summed E-state index contributed by atoms with van der Waals surface area (Å²) < 4.78 is 20.2. The molecule has 156 valence electrons. The molecule has 6 heteroatoms. The third-order valence-electron chi connectivity index (χ3n) is 5.44. The van der Waals surface area contributed by atoms with E-state index >= 15 is 0 Å². The number of phenols is 1. The molecule has 0 saturated carbocycles. The Kier molecular flexibility index (Phi) is 5.18. The minimum absolute atomic E-state index is 0.122. The Morgan fingerprint density at radius 1 is 1.03 bits per heavy atom. The van der Waals surface area contributed by atoms with Crippen molar-refractivity contribution in [1.29, 1.82) is 0 Å². The van der Waals surface area contributed by atoms with E-state index in [-0.39, 0.29) is 11.5 Å². The van der Waals surface area contributed by atoms with Gasteiger partial charge in [-0.2, -0.15) is 0 Å². The van der Waals surface area contributed by atoms with E-state index in [9.17, 15) is 14.3 Å². The van der Waals surface area contributed by atoms with E-state index in [0.29, 0.717) is 21.9 Å². The molecule has 1 aliphatic heterocycles. The summed E-state index contributed by atoms with van der Waals surface area (Å²) in [5, 5.41) is 10.6. The molecule has 4 nitrogen and oxygen atoms in total. The van der Waals surface area contributed by atoms with Crippen LogP contribution in [0.1, 0.15) is 27.2 Å². The number of ketones is 1. The molecular weight excluding hydrogens is 413 g/mol. The number of rotatable bonds is 6. The minimum Gasteiger partial charge on any atom is -0.508 e. The van der Waals surface area contributed by atoms with Gasteiger partial charge in [0, 0.05) is 22.2 Å². The normalized spacial score (nSPS) is 13.8. The van der Waals surface area contributed by atoms with Crippen molar-refractivity contribution in [2.45, 2.75) is 13.0 Å². The van der Waals surface area contributed by atoms with Crippen LogP contribution >= 0.6 is 11.3 Å². The van der Waals surface area contributed by atoms with Gasteiger partial charge in [0.25, 0.3) is 0 Å². The maximum Gasteiger partial charge on any atom is 0.206 e. The van der Waals surface area contributed by atoms with Crippen molar-refractivity contribution >= 4 is 27.2 Å². The molecule has 2 heterocycles. The van der Waals surface area contributed by atoms with Crippen LogP contribution < -0.4 is 4.74 Å². The van der Waals surface area contributed by atoms with Gasteiger partial charge in [-0.25, -0.2) is 4.39 Å². The number of aromatic hydroxyl groups is 1. The van der Waals surface area contributed by atoms with Crippen LogP contribution in [-0.2, 0) is 6.54 Å². The molecule has 1 saturated heterocycles. The molecule has 1 fully saturated rings. The zero-order chi connectivity index (χ0) is 21.4. The van der Waals surface area contributed by atoms with Crippen molar-refractivity contribution in [1.82, 2.24) is 4.90 Å². The zero-order valence-electron chi connectivity index (χ0n) is 16.7. The molecule has 0 atom stereocenters. The van der Waals surface area contributed by atoms with E-state index in [1.165, 1.54) is 47.6 Å². The third kappa shape index (κ3) is 4.04. The van der Waals surface area contributed by atoms with Crippen LogP contribution in [0.5, 0.6) is 17.2 Å². The predicted molar refractivity (Wildman–Crippen MR) is 120 cm³/mol. The summed E-state index contributed by atoms with van der Waals surface area (Å²) in [5.74, 6) is 0.562. The highest BCUT2D eigenvalue weighted by atomic mass is 32.1. The summed E-state index contributed by atoms with van der Waals surface area (Å²) >= 11 is 1.25. The van der Waals surface area contributed by atoms with E-state index in [1.54, 1.807) is 18.2 Å². The van der Waals surface area contributed by atoms with Gasteiger partial charge in [-0.05, 0) is 79.7 Å². The van der Waals surface area contributed by atoms with Gasteiger partial charge in [0.2, 0.25) is 5.78 Å². The molecule has 5 rings (SSSR count). The number of likely N-dealkylation sites (tertiary alicyclic amines) is 1. The van der Waals surface area contributed by atoms with Gasteiger partial charge in [0.1, 0.15) is 22.2 Å². The number of hydrogen-bond donors (Lipinski definition) is 1. The summed E-state index contributed by atoms with van der Waals surface area (Å²) in [5.41, 5.74) is 1.60.